The highest BCUT2D eigenvalue weighted by molar-refractivity contribution is 7.67. The van der Waals surface area contributed by atoms with Crippen LogP contribution in [0.15, 0.2) is 140 Å². The lowest BCUT2D eigenvalue weighted by atomic mass is 9.80. The molecule has 2 N–H and O–H groups in total. The third-order valence-corrected chi connectivity index (χ3v) is 15.6. The SMILES string of the molecule is CC(C)CB(O)O.CC(C)Cc1ccc(-c2ccccc2)nc1.COc1cccc(C)c1-c1ccccc1P(C1CCCCC1)C1CCCCC1.Clc1ccc(-c2ccccc2)nc1. The summed E-state index contributed by atoms with van der Waals surface area (Å²) in [6, 6.07) is 44.2. The highest BCUT2D eigenvalue weighted by atomic mass is 35.5. The summed E-state index contributed by atoms with van der Waals surface area (Å²) in [6.07, 6.45) is 19.6. The first-order valence-electron chi connectivity index (χ1n) is 23.6. The minimum Gasteiger partial charge on any atom is -0.496 e. The van der Waals surface area contributed by atoms with Crippen molar-refractivity contribution in [1.82, 2.24) is 9.97 Å². The fraction of sp³-hybridized carbons (Fsp3) is 0.393. The van der Waals surface area contributed by atoms with E-state index in [2.05, 4.69) is 97.5 Å². The van der Waals surface area contributed by atoms with E-state index in [1.165, 1.54) is 92.0 Å². The molecule has 8 heteroatoms. The van der Waals surface area contributed by atoms with Gasteiger partial charge in [0.15, 0.2) is 0 Å². The van der Waals surface area contributed by atoms with Gasteiger partial charge < -0.3 is 14.8 Å². The van der Waals surface area contributed by atoms with E-state index >= 15 is 0 Å². The first kappa shape index (κ1) is 50.7. The second-order valence-electron chi connectivity index (χ2n) is 18.0. The molecule has 0 spiro atoms. The highest BCUT2D eigenvalue weighted by Gasteiger charge is 2.34. The predicted octanol–water partition coefficient (Wildman–Crippen LogP) is 14.9. The van der Waals surface area contributed by atoms with Crippen LogP contribution < -0.4 is 10.0 Å². The van der Waals surface area contributed by atoms with Crippen LogP contribution in [0, 0.1) is 18.8 Å². The number of hydrogen-bond acceptors (Lipinski definition) is 5. The third kappa shape index (κ3) is 16.3. The van der Waals surface area contributed by atoms with Crippen molar-refractivity contribution in [2.45, 2.75) is 123 Å². The molecule has 2 fully saturated rings. The van der Waals surface area contributed by atoms with Gasteiger partial charge in [-0.2, -0.15) is 0 Å². The maximum absolute atomic E-state index is 8.28. The second-order valence-corrected chi connectivity index (χ2v) is 21.2. The van der Waals surface area contributed by atoms with Crippen LogP contribution in [0.2, 0.25) is 11.3 Å². The normalized spacial score (nSPS) is 14.1. The molecule has 0 amide bonds. The smallest absolute Gasteiger partial charge is 0.451 e. The maximum Gasteiger partial charge on any atom is 0.451 e. The summed E-state index contributed by atoms with van der Waals surface area (Å²) in [6.45, 7) is 10.6. The molecule has 0 unspecified atom stereocenters. The van der Waals surface area contributed by atoms with Crippen molar-refractivity contribution in [2.24, 2.45) is 11.8 Å². The van der Waals surface area contributed by atoms with Gasteiger partial charge in [0.1, 0.15) is 5.75 Å². The number of pyridine rings is 2. The Labute approximate surface area is 392 Å². The minimum atomic E-state index is -1.13. The second kappa shape index (κ2) is 27.2. The summed E-state index contributed by atoms with van der Waals surface area (Å²) in [7, 11) is 0.565. The highest BCUT2D eigenvalue weighted by Crippen LogP contribution is 2.56. The standard InChI is InChI=1S/C26H35OP.C15H17N.C11H8ClN.C4H11BO2/c1-20-12-11-18-24(27-2)26(20)23-17-9-10-19-25(23)28(21-13-5-3-6-14-21)22-15-7-4-8-16-22;1-12(2)10-13-8-9-15(16-11-13)14-6-4-3-5-7-14;12-10-6-7-11(13-8-10)9-4-2-1-3-5-9;1-4(2)3-5(6)7/h9-12,17-19,21-22H,3-8,13-16H2,1-2H3;3-9,11-12H,10H2,1-2H3;1-8H;4,6-7H,3H2,1-2H3. The average molecular weight is 897 g/mol. The molecule has 0 radical (unpaired) electrons. The number of halogens is 1. The molecule has 2 aromatic heterocycles. The number of benzene rings is 4. The van der Waals surface area contributed by atoms with Gasteiger partial charge in [0.25, 0.3) is 0 Å². The topological polar surface area (TPSA) is 75.5 Å². The first-order chi connectivity index (χ1) is 31.0. The zero-order valence-corrected chi connectivity index (χ0v) is 40.8. The summed E-state index contributed by atoms with van der Waals surface area (Å²) < 4.78 is 5.81. The maximum atomic E-state index is 8.28. The summed E-state index contributed by atoms with van der Waals surface area (Å²) in [5.74, 6) is 2.08. The molecule has 2 aliphatic carbocycles. The monoisotopic (exact) mass is 896 g/mol. The van der Waals surface area contributed by atoms with Crippen LogP contribution in [0.1, 0.15) is 103 Å². The molecule has 0 bridgehead atoms. The Kier molecular flexibility index (Phi) is 21.6. The fourth-order valence-electron chi connectivity index (χ4n) is 8.85. The number of hydrogen-bond donors (Lipinski definition) is 2. The zero-order chi connectivity index (χ0) is 45.7. The molecular weight excluding hydrogens is 826 g/mol. The largest absolute Gasteiger partial charge is 0.496 e. The van der Waals surface area contributed by atoms with Crippen molar-refractivity contribution in [3.63, 3.8) is 0 Å². The quantitative estimate of drug-likeness (QED) is 0.100. The molecule has 5 nitrogen and oxygen atoms in total. The van der Waals surface area contributed by atoms with E-state index in [0.29, 0.717) is 23.2 Å². The van der Waals surface area contributed by atoms with Crippen molar-refractivity contribution in [1.29, 1.82) is 0 Å². The van der Waals surface area contributed by atoms with Gasteiger partial charge in [0.05, 0.1) is 23.5 Å². The lowest BCUT2D eigenvalue weighted by Gasteiger charge is -2.39. The first-order valence-corrected chi connectivity index (χ1v) is 25.4. The van der Waals surface area contributed by atoms with Crippen molar-refractivity contribution in [3.05, 3.63) is 156 Å². The number of methoxy groups -OCH3 is 1. The van der Waals surface area contributed by atoms with Crippen molar-refractivity contribution in [3.8, 4) is 39.4 Å². The van der Waals surface area contributed by atoms with E-state index < -0.39 is 7.12 Å². The van der Waals surface area contributed by atoms with Gasteiger partial charge in [0, 0.05) is 29.1 Å². The molecule has 2 heterocycles. The molecular formula is C56H71BClN2O3P. The van der Waals surface area contributed by atoms with Gasteiger partial charge >= 0.3 is 7.12 Å². The Balaban J connectivity index is 0.000000181. The lowest BCUT2D eigenvalue weighted by molar-refractivity contribution is 0.394. The molecule has 0 aliphatic heterocycles. The van der Waals surface area contributed by atoms with Crippen molar-refractivity contribution < 1.29 is 14.8 Å². The Morgan fingerprint density at radius 3 is 1.61 bits per heavy atom. The summed E-state index contributed by atoms with van der Waals surface area (Å²) in [4.78, 5) is 8.72. The van der Waals surface area contributed by atoms with Crippen LogP contribution in [0.25, 0.3) is 33.6 Å². The number of aromatic nitrogens is 2. The van der Waals surface area contributed by atoms with Crippen LogP contribution in [0.3, 0.4) is 0 Å². The molecule has 64 heavy (non-hydrogen) atoms. The molecule has 0 saturated heterocycles. The number of ether oxygens (including phenoxy) is 1. The van der Waals surface area contributed by atoms with Gasteiger partial charge in [0.2, 0.25) is 0 Å². The van der Waals surface area contributed by atoms with Crippen LogP contribution in [-0.4, -0.2) is 45.6 Å². The van der Waals surface area contributed by atoms with E-state index in [1.54, 1.807) is 11.5 Å². The molecule has 2 saturated carbocycles. The van der Waals surface area contributed by atoms with Gasteiger partial charge in [-0.15, -0.1) is 0 Å². The molecule has 338 valence electrons. The van der Waals surface area contributed by atoms with Gasteiger partial charge in [-0.25, -0.2) is 0 Å². The Morgan fingerprint density at radius 1 is 0.625 bits per heavy atom. The summed E-state index contributed by atoms with van der Waals surface area (Å²) >= 11 is 5.74. The van der Waals surface area contributed by atoms with E-state index in [-0.39, 0.29) is 7.92 Å². The van der Waals surface area contributed by atoms with Gasteiger partial charge in [-0.05, 0) is 115 Å². The van der Waals surface area contributed by atoms with E-state index in [1.807, 2.05) is 87.8 Å². The molecule has 4 aromatic carbocycles. The van der Waals surface area contributed by atoms with E-state index in [9.17, 15) is 0 Å². The van der Waals surface area contributed by atoms with Crippen molar-refractivity contribution >= 4 is 31.9 Å². The number of aryl methyl sites for hydroxylation is 1. The van der Waals surface area contributed by atoms with Gasteiger partial charge in [-0.1, -0.05) is 189 Å². The summed E-state index contributed by atoms with van der Waals surface area (Å²) in [5, 5.41) is 18.9. The Bertz CT molecular complexity index is 2170. The Hall–Kier alpha value is -4.32. The summed E-state index contributed by atoms with van der Waals surface area (Å²) in [5.41, 5.74) is 11.5. The molecule has 8 rings (SSSR count). The lowest BCUT2D eigenvalue weighted by Crippen LogP contribution is -2.27. The molecule has 2 aliphatic rings. The average Bonchev–Trinajstić information content (AvgIpc) is 3.31. The van der Waals surface area contributed by atoms with E-state index in [4.69, 9.17) is 26.4 Å². The molecule has 0 atom stereocenters. The van der Waals surface area contributed by atoms with Crippen LogP contribution in [-0.2, 0) is 6.42 Å². The number of nitrogens with zero attached hydrogens (tertiary/aromatic N) is 2. The fourth-order valence-corrected chi connectivity index (χ4v) is 12.9. The third-order valence-electron chi connectivity index (χ3n) is 11.9. The zero-order valence-electron chi connectivity index (χ0n) is 39.2. The van der Waals surface area contributed by atoms with Crippen LogP contribution in [0.4, 0.5) is 0 Å². The minimum absolute atomic E-state index is 0.122. The number of rotatable bonds is 11. The van der Waals surface area contributed by atoms with Crippen molar-refractivity contribution in [2.75, 3.05) is 7.11 Å². The predicted molar refractivity (Wildman–Crippen MR) is 276 cm³/mol. The van der Waals surface area contributed by atoms with E-state index in [0.717, 1.165) is 40.4 Å². The van der Waals surface area contributed by atoms with Crippen LogP contribution >= 0.6 is 19.5 Å². The van der Waals surface area contributed by atoms with Gasteiger partial charge in [-0.3, -0.25) is 9.97 Å². The van der Waals surface area contributed by atoms with Crippen LogP contribution in [0.5, 0.6) is 5.75 Å². The molecule has 6 aromatic rings. The Morgan fingerprint density at radius 2 is 1.16 bits per heavy atom.